The molecule has 3 aromatic rings. The topological polar surface area (TPSA) is 75.7 Å². The third kappa shape index (κ3) is 5.85. The van der Waals surface area contributed by atoms with Crippen LogP contribution in [-0.2, 0) is 21.2 Å². The number of para-hydroxylation sites is 2. The van der Waals surface area contributed by atoms with Crippen molar-refractivity contribution in [1.29, 1.82) is 0 Å². The summed E-state index contributed by atoms with van der Waals surface area (Å²) in [6, 6.07) is 20.8. The summed E-state index contributed by atoms with van der Waals surface area (Å²) in [6.07, 6.45) is 1.30. The van der Waals surface area contributed by atoms with Crippen LogP contribution in [0.3, 0.4) is 0 Å². The van der Waals surface area contributed by atoms with Crippen molar-refractivity contribution in [2.75, 3.05) is 24.5 Å². The molecule has 0 saturated carbocycles. The molecule has 0 bridgehead atoms. The zero-order valence-electron chi connectivity index (χ0n) is 17.7. The molecular weight excluding hydrogens is 431 g/mol. The third-order valence-corrected chi connectivity index (χ3v) is 6.62. The van der Waals surface area contributed by atoms with E-state index in [-0.39, 0.29) is 16.4 Å². The number of methoxy groups -OCH3 is 1. The van der Waals surface area contributed by atoms with Gasteiger partial charge in [-0.1, -0.05) is 42.5 Å². The molecule has 0 heterocycles. The van der Waals surface area contributed by atoms with Crippen LogP contribution in [0.2, 0.25) is 0 Å². The van der Waals surface area contributed by atoms with Gasteiger partial charge in [0.15, 0.2) is 0 Å². The van der Waals surface area contributed by atoms with Gasteiger partial charge in [-0.25, -0.2) is 12.8 Å². The van der Waals surface area contributed by atoms with Crippen molar-refractivity contribution >= 4 is 21.6 Å². The van der Waals surface area contributed by atoms with Crippen molar-refractivity contribution in [2.24, 2.45) is 0 Å². The normalized spacial score (nSPS) is 11.1. The van der Waals surface area contributed by atoms with Gasteiger partial charge in [0.25, 0.3) is 10.0 Å². The number of carbonyl (C=O) groups is 1. The van der Waals surface area contributed by atoms with Crippen molar-refractivity contribution < 1.29 is 22.3 Å². The SMILES string of the molecule is COc1ccccc1N(CC(=O)NCCCc1ccc(F)cc1)S(=O)(=O)c1ccccc1. The summed E-state index contributed by atoms with van der Waals surface area (Å²) in [4.78, 5) is 12.7. The predicted molar refractivity (Wildman–Crippen MR) is 122 cm³/mol. The zero-order chi connectivity index (χ0) is 23.0. The molecule has 0 radical (unpaired) electrons. The first-order valence-electron chi connectivity index (χ1n) is 10.1. The van der Waals surface area contributed by atoms with Gasteiger partial charge in [0.1, 0.15) is 18.1 Å². The standard InChI is InChI=1S/C24H25FN2O4S/c1-31-23-12-6-5-11-22(23)27(32(29,30)21-9-3-2-4-10-21)18-24(28)26-17-7-8-19-13-15-20(25)16-14-19/h2-6,9-16H,7-8,17-18H2,1H3,(H,26,28). The largest absolute Gasteiger partial charge is 0.495 e. The number of nitrogens with zero attached hydrogens (tertiary/aromatic N) is 1. The van der Waals surface area contributed by atoms with Gasteiger partial charge in [0.05, 0.1) is 17.7 Å². The van der Waals surface area contributed by atoms with Crippen molar-refractivity contribution in [3.63, 3.8) is 0 Å². The van der Waals surface area contributed by atoms with Crippen LogP contribution in [0, 0.1) is 5.82 Å². The lowest BCUT2D eigenvalue weighted by atomic mass is 10.1. The number of hydrogen-bond donors (Lipinski definition) is 1. The molecule has 0 aliphatic heterocycles. The summed E-state index contributed by atoms with van der Waals surface area (Å²) in [5, 5.41) is 2.77. The summed E-state index contributed by atoms with van der Waals surface area (Å²) in [6.45, 7) is -0.0322. The molecule has 0 saturated heterocycles. The number of rotatable bonds is 10. The van der Waals surface area contributed by atoms with Crippen molar-refractivity contribution in [3.8, 4) is 5.75 Å². The molecule has 0 aromatic heterocycles. The average molecular weight is 457 g/mol. The van der Waals surface area contributed by atoms with E-state index in [4.69, 9.17) is 4.74 Å². The highest BCUT2D eigenvalue weighted by Crippen LogP contribution is 2.31. The Kier molecular flexibility index (Phi) is 7.83. The second-order valence-electron chi connectivity index (χ2n) is 7.08. The minimum absolute atomic E-state index is 0.0787. The Morgan fingerprint density at radius 1 is 0.969 bits per heavy atom. The second kappa shape index (κ2) is 10.8. The molecular formula is C24H25FN2O4S. The van der Waals surface area contributed by atoms with Crippen LogP contribution in [-0.4, -0.2) is 34.5 Å². The van der Waals surface area contributed by atoms with E-state index in [1.54, 1.807) is 54.6 Å². The Morgan fingerprint density at radius 2 is 1.62 bits per heavy atom. The van der Waals surface area contributed by atoms with E-state index in [1.807, 2.05) is 0 Å². The van der Waals surface area contributed by atoms with E-state index < -0.39 is 22.5 Å². The predicted octanol–water partition coefficient (Wildman–Crippen LogP) is 3.78. The molecule has 32 heavy (non-hydrogen) atoms. The molecule has 1 amide bonds. The van der Waals surface area contributed by atoms with E-state index in [9.17, 15) is 17.6 Å². The molecule has 0 fully saturated rings. The molecule has 3 rings (SSSR count). The van der Waals surface area contributed by atoms with E-state index >= 15 is 0 Å². The highest BCUT2D eigenvalue weighted by Gasteiger charge is 2.29. The fraction of sp³-hybridized carbons (Fsp3) is 0.208. The van der Waals surface area contributed by atoms with Crippen molar-refractivity contribution in [2.45, 2.75) is 17.7 Å². The van der Waals surface area contributed by atoms with Gasteiger partial charge in [0, 0.05) is 6.54 Å². The number of carbonyl (C=O) groups excluding carboxylic acids is 1. The van der Waals surface area contributed by atoms with Gasteiger partial charge < -0.3 is 10.1 Å². The summed E-state index contributed by atoms with van der Waals surface area (Å²) >= 11 is 0. The van der Waals surface area contributed by atoms with Crippen molar-refractivity contribution in [3.05, 3.63) is 90.2 Å². The number of anilines is 1. The van der Waals surface area contributed by atoms with Crippen LogP contribution < -0.4 is 14.4 Å². The average Bonchev–Trinajstić information content (AvgIpc) is 2.82. The highest BCUT2D eigenvalue weighted by molar-refractivity contribution is 7.92. The molecule has 0 atom stereocenters. The van der Waals surface area contributed by atoms with E-state index in [0.717, 1.165) is 9.87 Å². The van der Waals surface area contributed by atoms with Crippen LogP contribution >= 0.6 is 0 Å². The van der Waals surface area contributed by atoms with Crippen LogP contribution in [0.5, 0.6) is 5.75 Å². The van der Waals surface area contributed by atoms with Crippen LogP contribution in [0.15, 0.2) is 83.8 Å². The molecule has 8 heteroatoms. The van der Waals surface area contributed by atoms with Crippen molar-refractivity contribution in [1.82, 2.24) is 5.32 Å². The Bertz CT molecular complexity index is 1140. The Hall–Kier alpha value is -3.39. The maximum absolute atomic E-state index is 13.3. The van der Waals surface area contributed by atoms with Gasteiger partial charge >= 0.3 is 0 Å². The van der Waals surface area contributed by atoms with E-state index in [0.29, 0.717) is 25.1 Å². The summed E-state index contributed by atoms with van der Waals surface area (Å²) in [5.74, 6) is -0.385. The Labute approximate surface area is 187 Å². The lowest BCUT2D eigenvalue weighted by Gasteiger charge is -2.25. The van der Waals surface area contributed by atoms with Gasteiger partial charge in [0.2, 0.25) is 5.91 Å². The highest BCUT2D eigenvalue weighted by atomic mass is 32.2. The second-order valence-corrected chi connectivity index (χ2v) is 8.94. The van der Waals surface area contributed by atoms with Gasteiger partial charge in [-0.3, -0.25) is 9.10 Å². The monoisotopic (exact) mass is 456 g/mol. The summed E-state index contributed by atoms with van der Waals surface area (Å²) < 4.78 is 46.1. The number of hydrogen-bond acceptors (Lipinski definition) is 4. The number of sulfonamides is 1. The third-order valence-electron chi connectivity index (χ3n) is 4.85. The number of amides is 1. The summed E-state index contributed by atoms with van der Waals surface area (Å²) in [5.41, 5.74) is 1.24. The van der Waals surface area contributed by atoms with Gasteiger partial charge in [-0.05, 0) is 54.8 Å². The number of benzene rings is 3. The first kappa shape index (κ1) is 23.3. The lowest BCUT2D eigenvalue weighted by Crippen LogP contribution is -2.41. The minimum atomic E-state index is -4.00. The van der Waals surface area contributed by atoms with E-state index in [1.165, 1.54) is 31.4 Å². The fourth-order valence-corrected chi connectivity index (χ4v) is 4.67. The van der Waals surface area contributed by atoms with Crippen LogP contribution in [0.25, 0.3) is 0 Å². The molecule has 0 unspecified atom stereocenters. The minimum Gasteiger partial charge on any atom is -0.495 e. The fourth-order valence-electron chi connectivity index (χ4n) is 3.21. The number of nitrogens with one attached hydrogen (secondary N) is 1. The maximum atomic E-state index is 13.3. The van der Waals surface area contributed by atoms with Crippen LogP contribution in [0.4, 0.5) is 10.1 Å². The Balaban J connectivity index is 1.72. The number of aryl methyl sites for hydroxylation is 1. The number of ether oxygens (including phenoxy) is 1. The van der Waals surface area contributed by atoms with Crippen LogP contribution in [0.1, 0.15) is 12.0 Å². The smallest absolute Gasteiger partial charge is 0.264 e. The first-order valence-corrected chi connectivity index (χ1v) is 11.6. The van der Waals surface area contributed by atoms with E-state index in [2.05, 4.69) is 5.32 Å². The number of halogens is 1. The molecule has 0 aliphatic rings. The van der Waals surface area contributed by atoms with Gasteiger partial charge in [-0.2, -0.15) is 0 Å². The quantitative estimate of drug-likeness (QED) is 0.471. The molecule has 168 valence electrons. The molecule has 0 aliphatic carbocycles. The first-order chi connectivity index (χ1) is 15.4. The van der Waals surface area contributed by atoms with Gasteiger partial charge in [-0.15, -0.1) is 0 Å². The summed E-state index contributed by atoms with van der Waals surface area (Å²) in [7, 11) is -2.56. The molecule has 3 aromatic carbocycles. The molecule has 6 nitrogen and oxygen atoms in total. The maximum Gasteiger partial charge on any atom is 0.264 e. The molecule has 0 spiro atoms. The Morgan fingerprint density at radius 3 is 2.31 bits per heavy atom. The lowest BCUT2D eigenvalue weighted by molar-refractivity contribution is -0.119. The zero-order valence-corrected chi connectivity index (χ0v) is 18.5. The molecule has 1 N–H and O–H groups in total.